The Morgan fingerprint density at radius 1 is 1.11 bits per heavy atom. The molecule has 0 spiro atoms. The Hall–Kier alpha value is -3.32. The minimum Gasteiger partial charge on any atom is -0.456 e. The minimum absolute atomic E-state index is 0.0182. The Morgan fingerprint density at radius 3 is 2.51 bits per heavy atom. The molecule has 0 bridgehead atoms. The first-order valence-electron chi connectivity index (χ1n) is 11.8. The number of aliphatic hydroxyl groups excluding tert-OH is 1. The number of rotatable bonds is 9. The van der Waals surface area contributed by atoms with Crippen LogP contribution in [0.4, 0.5) is 10.1 Å². The number of hydrogen-bond donors (Lipinski definition) is 2. The third-order valence-electron chi connectivity index (χ3n) is 5.80. The molecule has 0 heterocycles. The zero-order valence-corrected chi connectivity index (χ0v) is 20.7. The summed E-state index contributed by atoms with van der Waals surface area (Å²) in [4.78, 5) is 38.5. The van der Waals surface area contributed by atoms with Crippen LogP contribution in [0.25, 0.3) is 6.08 Å². The minimum atomic E-state index is -0.639. The van der Waals surface area contributed by atoms with Crippen LogP contribution < -0.4 is 5.32 Å². The van der Waals surface area contributed by atoms with Gasteiger partial charge in [-0.05, 0) is 92.6 Å². The van der Waals surface area contributed by atoms with Gasteiger partial charge in [-0.1, -0.05) is 6.07 Å². The molecule has 1 aliphatic rings. The Balaban J connectivity index is 1.90. The number of nitrogens with one attached hydrogen (secondary N) is 1. The summed E-state index contributed by atoms with van der Waals surface area (Å²) in [5, 5.41) is 12.1. The molecule has 0 saturated heterocycles. The zero-order valence-electron chi connectivity index (χ0n) is 20.7. The molecular weight excluding hydrogens is 449 g/mol. The van der Waals surface area contributed by atoms with Crippen molar-refractivity contribution in [3.05, 3.63) is 69.5 Å². The smallest absolute Gasteiger partial charge is 0.338 e. The van der Waals surface area contributed by atoms with Crippen molar-refractivity contribution in [2.24, 2.45) is 0 Å². The van der Waals surface area contributed by atoms with E-state index in [9.17, 15) is 18.8 Å². The average Bonchev–Trinajstić information content (AvgIpc) is 2.78. The van der Waals surface area contributed by atoms with Gasteiger partial charge in [-0.3, -0.25) is 9.59 Å². The molecule has 2 aromatic carbocycles. The number of carbonyl (C=O) groups excluding carboxylic acids is 3. The molecule has 35 heavy (non-hydrogen) atoms. The van der Waals surface area contributed by atoms with Crippen LogP contribution in [0.2, 0.25) is 0 Å². The number of unbranched alkanes of at least 4 members (excludes halogenated alkanes) is 1. The number of hydrogen-bond acceptors (Lipinski definition) is 6. The summed E-state index contributed by atoms with van der Waals surface area (Å²) in [5.41, 5.74) is 3.00. The van der Waals surface area contributed by atoms with E-state index in [1.165, 1.54) is 18.2 Å². The fraction of sp³-hybridized carbons (Fsp3) is 0.393. The standard InChI is InChI=1S/C28H32FNO5/c1-28(2,3)35-27(34)19-9-8-18(17(11-19)7-5-6-10-31)14-25(32)23-13-20-12-21(29)15-24(30-4)22(20)16-26(23)33/h8-9,11-13,15,30-31H,5-7,10,14,16H2,1-4H3. The van der Waals surface area contributed by atoms with Gasteiger partial charge in [0, 0.05) is 32.2 Å². The summed E-state index contributed by atoms with van der Waals surface area (Å²) < 4.78 is 19.5. The molecule has 1 aliphatic carbocycles. The van der Waals surface area contributed by atoms with E-state index >= 15 is 0 Å². The van der Waals surface area contributed by atoms with Crippen LogP contribution in [-0.2, 0) is 33.6 Å². The number of Topliss-reactive ketones (excluding diaryl/α,β-unsaturated/α-hetero) is 2. The van der Waals surface area contributed by atoms with Gasteiger partial charge in [0.1, 0.15) is 11.4 Å². The highest BCUT2D eigenvalue weighted by Gasteiger charge is 2.27. The normalized spacial score (nSPS) is 13.2. The molecule has 6 nitrogen and oxygen atoms in total. The van der Waals surface area contributed by atoms with Gasteiger partial charge in [-0.15, -0.1) is 0 Å². The maximum absolute atomic E-state index is 14.0. The lowest BCUT2D eigenvalue weighted by atomic mass is 9.85. The molecular formula is C28H32FNO5. The Bertz CT molecular complexity index is 1180. The van der Waals surface area contributed by atoms with E-state index in [1.54, 1.807) is 46.0 Å². The van der Waals surface area contributed by atoms with Crippen molar-refractivity contribution in [3.8, 4) is 0 Å². The summed E-state index contributed by atoms with van der Waals surface area (Å²) in [6.45, 7) is 5.42. The van der Waals surface area contributed by atoms with Crippen LogP contribution in [-0.4, -0.2) is 41.9 Å². The van der Waals surface area contributed by atoms with Crippen molar-refractivity contribution in [1.82, 2.24) is 0 Å². The lowest BCUT2D eigenvalue weighted by Gasteiger charge is -2.20. The van der Waals surface area contributed by atoms with Crippen LogP contribution in [0.5, 0.6) is 0 Å². The molecule has 0 atom stereocenters. The zero-order chi connectivity index (χ0) is 25.8. The first-order chi connectivity index (χ1) is 16.5. The first-order valence-corrected chi connectivity index (χ1v) is 11.8. The summed E-state index contributed by atoms with van der Waals surface area (Å²) in [7, 11) is 1.66. The van der Waals surface area contributed by atoms with Crippen LogP contribution in [0, 0.1) is 5.82 Å². The molecule has 0 fully saturated rings. The topological polar surface area (TPSA) is 92.7 Å². The van der Waals surface area contributed by atoms with Gasteiger partial charge >= 0.3 is 5.97 Å². The molecule has 0 aromatic heterocycles. The fourth-order valence-corrected chi connectivity index (χ4v) is 4.13. The van der Waals surface area contributed by atoms with E-state index in [0.29, 0.717) is 47.2 Å². The Labute approximate surface area is 205 Å². The molecule has 2 N–H and O–H groups in total. The number of fused-ring (bicyclic) bond motifs is 1. The highest BCUT2D eigenvalue weighted by molar-refractivity contribution is 6.25. The predicted molar refractivity (Wildman–Crippen MR) is 133 cm³/mol. The van der Waals surface area contributed by atoms with Crippen LogP contribution >= 0.6 is 0 Å². The van der Waals surface area contributed by atoms with Crippen LogP contribution in [0.1, 0.15) is 66.2 Å². The fourth-order valence-electron chi connectivity index (χ4n) is 4.13. The summed E-state index contributed by atoms with van der Waals surface area (Å²) >= 11 is 0. The second-order valence-corrected chi connectivity index (χ2v) is 9.70. The van der Waals surface area contributed by atoms with Crippen molar-refractivity contribution in [3.63, 3.8) is 0 Å². The summed E-state index contributed by atoms with van der Waals surface area (Å²) in [6.07, 6.45) is 3.29. The molecule has 2 aromatic rings. The monoisotopic (exact) mass is 481 g/mol. The second-order valence-electron chi connectivity index (χ2n) is 9.70. The van der Waals surface area contributed by atoms with Gasteiger partial charge < -0.3 is 15.2 Å². The van der Waals surface area contributed by atoms with Gasteiger partial charge in [-0.25, -0.2) is 9.18 Å². The van der Waals surface area contributed by atoms with E-state index in [1.807, 2.05) is 0 Å². The SMILES string of the molecule is CNc1cc(F)cc2c1CC(=O)C(C(=O)Cc1ccc(C(=O)OC(C)(C)C)cc1CCCCO)=C2. The maximum atomic E-state index is 14.0. The van der Waals surface area contributed by atoms with Crippen molar-refractivity contribution in [2.75, 3.05) is 19.0 Å². The van der Waals surface area contributed by atoms with Gasteiger partial charge in [0.05, 0.1) is 11.1 Å². The highest BCUT2D eigenvalue weighted by Crippen LogP contribution is 2.30. The lowest BCUT2D eigenvalue weighted by Crippen LogP contribution is -2.24. The number of allylic oxidation sites excluding steroid dienone is 1. The third kappa shape index (κ3) is 6.63. The van der Waals surface area contributed by atoms with E-state index in [2.05, 4.69) is 5.32 Å². The molecule has 186 valence electrons. The third-order valence-corrected chi connectivity index (χ3v) is 5.80. The molecule has 3 rings (SSSR count). The highest BCUT2D eigenvalue weighted by atomic mass is 19.1. The lowest BCUT2D eigenvalue weighted by molar-refractivity contribution is -0.120. The average molecular weight is 482 g/mol. The Kier molecular flexibility index (Phi) is 8.22. The number of benzene rings is 2. The molecule has 0 amide bonds. The second kappa shape index (κ2) is 11.0. The van der Waals surface area contributed by atoms with Crippen molar-refractivity contribution in [1.29, 1.82) is 0 Å². The van der Waals surface area contributed by atoms with Gasteiger partial charge in [0.15, 0.2) is 11.6 Å². The Morgan fingerprint density at radius 2 is 1.86 bits per heavy atom. The number of carbonyl (C=O) groups is 3. The maximum Gasteiger partial charge on any atom is 0.338 e. The summed E-state index contributed by atoms with van der Waals surface area (Å²) in [5.74, 6) is -1.57. The van der Waals surface area contributed by atoms with Crippen LogP contribution in [0.3, 0.4) is 0 Å². The quantitative estimate of drug-likeness (QED) is 0.312. The number of anilines is 1. The largest absolute Gasteiger partial charge is 0.456 e. The number of ether oxygens (including phenoxy) is 1. The number of ketones is 2. The molecule has 0 aliphatic heterocycles. The predicted octanol–water partition coefficient (Wildman–Crippen LogP) is 4.46. The van der Waals surface area contributed by atoms with Gasteiger partial charge in [0.2, 0.25) is 0 Å². The van der Waals surface area contributed by atoms with E-state index in [0.717, 1.165) is 5.56 Å². The van der Waals surface area contributed by atoms with Crippen molar-refractivity contribution >= 4 is 29.3 Å². The van der Waals surface area contributed by atoms with Crippen LogP contribution in [0.15, 0.2) is 35.9 Å². The van der Waals surface area contributed by atoms with E-state index in [4.69, 9.17) is 9.84 Å². The first kappa shape index (κ1) is 26.3. The molecule has 0 radical (unpaired) electrons. The van der Waals surface area contributed by atoms with E-state index < -0.39 is 17.4 Å². The molecule has 0 unspecified atom stereocenters. The van der Waals surface area contributed by atoms with Gasteiger partial charge in [0.25, 0.3) is 0 Å². The number of halogens is 1. The van der Waals surface area contributed by atoms with Crippen molar-refractivity contribution in [2.45, 2.75) is 58.5 Å². The number of aryl methyl sites for hydroxylation is 1. The van der Waals surface area contributed by atoms with Gasteiger partial charge in [-0.2, -0.15) is 0 Å². The van der Waals surface area contributed by atoms with Crippen molar-refractivity contribution < 1.29 is 28.6 Å². The summed E-state index contributed by atoms with van der Waals surface area (Å²) in [6, 6.07) is 7.71. The molecule has 0 saturated carbocycles. The number of aliphatic hydroxyl groups is 1. The number of esters is 1. The molecule has 7 heteroatoms. The van der Waals surface area contributed by atoms with E-state index in [-0.39, 0.29) is 36.6 Å².